The second-order valence-electron chi connectivity index (χ2n) is 9.14. The van der Waals surface area contributed by atoms with Gasteiger partial charge >= 0.3 is 0 Å². The maximum absolute atomic E-state index is 13.3. The number of hydrogen-bond acceptors (Lipinski definition) is 7. The Bertz CT molecular complexity index is 1740. The first-order valence-electron chi connectivity index (χ1n) is 12.4. The molecular formula is C29H32ClN3O6S. The largest absolute Gasteiger partial charge is 0.492 e. The van der Waals surface area contributed by atoms with E-state index in [9.17, 15) is 18.0 Å². The van der Waals surface area contributed by atoms with Crippen molar-refractivity contribution in [1.29, 1.82) is 0 Å². The Labute approximate surface area is 240 Å². The molecule has 0 aliphatic carbocycles. The molecule has 9 nitrogen and oxygen atoms in total. The Morgan fingerprint density at radius 3 is 2.48 bits per heavy atom. The average Bonchev–Trinajstić information content (AvgIpc) is 2.90. The number of carbonyl (C=O) groups is 1. The molecule has 2 aromatic carbocycles. The van der Waals surface area contributed by atoms with Gasteiger partial charge in [-0.2, -0.15) is 0 Å². The number of aromatic amines is 1. The summed E-state index contributed by atoms with van der Waals surface area (Å²) in [4.78, 5) is 31.6. The zero-order chi connectivity index (χ0) is 29.0. The van der Waals surface area contributed by atoms with E-state index in [-0.39, 0.29) is 14.3 Å². The quantitative estimate of drug-likeness (QED) is 0.239. The summed E-state index contributed by atoms with van der Waals surface area (Å²) in [7, 11) is -4.50. The zero-order valence-electron chi connectivity index (χ0n) is 22.4. The lowest BCUT2D eigenvalue weighted by Gasteiger charge is -2.16. The van der Waals surface area contributed by atoms with Crippen LogP contribution in [0.15, 0.2) is 70.5 Å². The molecule has 0 aliphatic heterocycles. The lowest BCUT2D eigenvalue weighted by atomic mass is 10.1. The first kappa shape index (κ1) is 28.8. The summed E-state index contributed by atoms with van der Waals surface area (Å²) in [6.07, 6.45) is 2.09. The first-order valence-corrected chi connectivity index (χ1v) is 14.3. The maximum atomic E-state index is 13.3. The van der Waals surface area contributed by atoms with Crippen LogP contribution in [0.25, 0.3) is 11.3 Å². The summed E-state index contributed by atoms with van der Waals surface area (Å²) in [5, 5.41) is 0.333. The van der Waals surface area contributed by atoms with Crippen LogP contribution in [0.3, 0.4) is 0 Å². The van der Waals surface area contributed by atoms with Crippen molar-refractivity contribution in [2.45, 2.75) is 39.0 Å². The molecule has 11 heteroatoms. The van der Waals surface area contributed by atoms with Gasteiger partial charge in [0.25, 0.3) is 21.5 Å². The molecule has 4 rings (SSSR count). The number of ether oxygens (including phenoxy) is 2. The molecule has 0 fully saturated rings. The standard InChI is InChI=1S/C29H28ClN3O6S.2H2/c1-5-14-38-23-9-6-8-20(25(23)30)22-12-11-21(27(34)33-40(36,37)24-10-7-13-31-28(24)35)29(32-22)39-26-18(3)15-17(2)16-19(26)4;;/h6-13,15-16H,5,14H2,1-4H3,(H,31,35)(H,33,34);2*1H. The molecule has 0 saturated heterocycles. The normalized spacial score (nSPS) is 11.2. The number of H-pyrrole nitrogens is 1. The van der Waals surface area contributed by atoms with E-state index in [1.165, 1.54) is 24.4 Å². The van der Waals surface area contributed by atoms with E-state index >= 15 is 0 Å². The van der Waals surface area contributed by atoms with Gasteiger partial charge in [-0.1, -0.05) is 48.4 Å². The van der Waals surface area contributed by atoms with E-state index in [2.05, 4.69) is 9.97 Å². The van der Waals surface area contributed by atoms with Crippen LogP contribution in [-0.4, -0.2) is 30.9 Å². The van der Waals surface area contributed by atoms with Crippen LogP contribution in [0.1, 0.15) is 43.2 Å². The van der Waals surface area contributed by atoms with Crippen molar-refractivity contribution in [3.63, 3.8) is 0 Å². The van der Waals surface area contributed by atoms with Gasteiger partial charge in [0.2, 0.25) is 5.88 Å². The molecule has 0 saturated carbocycles. The zero-order valence-corrected chi connectivity index (χ0v) is 23.9. The predicted octanol–water partition coefficient (Wildman–Crippen LogP) is 6.21. The van der Waals surface area contributed by atoms with Gasteiger partial charge in [-0.25, -0.2) is 18.1 Å². The van der Waals surface area contributed by atoms with Crippen LogP contribution in [0, 0.1) is 20.8 Å². The lowest BCUT2D eigenvalue weighted by Crippen LogP contribution is -2.34. The van der Waals surface area contributed by atoms with Gasteiger partial charge in [0.1, 0.15) is 17.1 Å². The number of halogens is 1. The fraction of sp³-hybridized carbons (Fsp3) is 0.207. The summed E-state index contributed by atoms with van der Waals surface area (Å²) < 4.78 is 39.6. The number of carbonyl (C=O) groups excluding carboxylic acids is 1. The van der Waals surface area contributed by atoms with Crippen LogP contribution >= 0.6 is 11.6 Å². The number of nitrogens with zero attached hydrogens (tertiary/aromatic N) is 1. The van der Waals surface area contributed by atoms with Crippen LogP contribution in [0.5, 0.6) is 17.4 Å². The van der Waals surface area contributed by atoms with E-state index in [1.54, 1.807) is 18.2 Å². The monoisotopic (exact) mass is 585 g/mol. The summed E-state index contributed by atoms with van der Waals surface area (Å²) in [5.74, 6) is -0.210. The van der Waals surface area contributed by atoms with Crippen LogP contribution < -0.4 is 19.8 Å². The predicted molar refractivity (Wildman–Crippen MR) is 157 cm³/mol. The molecule has 2 heterocycles. The maximum Gasteiger partial charge on any atom is 0.270 e. The Morgan fingerprint density at radius 2 is 1.80 bits per heavy atom. The molecule has 0 spiro atoms. The molecule has 0 unspecified atom stereocenters. The molecule has 40 heavy (non-hydrogen) atoms. The Kier molecular flexibility index (Phi) is 8.61. The molecule has 2 N–H and O–H groups in total. The molecule has 0 bridgehead atoms. The second-order valence-corrected chi connectivity index (χ2v) is 11.2. The highest BCUT2D eigenvalue weighted by Crippen LogP contribution is 2.37. The highest BCUT2D eigenvalue weighted by atomic mass is 35.5. The van der Waals surface area contributed by atoms with Crippen molar-refractivity contribution in [3.8, 4) is 28.6 Å². The third-order valence-corrected chi connectivity index (χ3v) is 7.65. The van der Waals surface area contributed by atoms with Gasteiger partial charge in [0.05, 0.1) is 17.3 Å². The molecule has 0 atom stereocenters. The van der Waals surface area contributed by atoms with E-state index in [0.717, 1.165) is 29.2 Å². The minimum Gasteiger partial charge on any atom is -0.492 e. The number of hydrogen-bond donors (Lipinski definition) is 2. The lowest BCUT2D eigenvalue weighted by molar-refractivity contribution is 0.0978. The number of rotatable bonds is 9. The van der Waals surface area contributed by atoms with Gasteiger partial charge in [-0.05, 0) is 68.7 Å². The van der Waals surface area contributed by atoms with E-state index < -0.39 is 26.4 Å². The molecular weight excluding hydrogens is 554 g/mol. The summed E-state index contributed by atoms with van der Waals surface area (Å²) >= 11 is 6.63. The van der Waals surface area contributed by atoms with Crippen LogP contribution in [0.2, 0.25) is 5.02 Å². The van der Waals surface area contributed by atoms with Crippen LogP contribution in [-0.2, 0) is 10.0 Å². The van der Waals surface area contributed by atoms with E-state index in [1.807, 2.05) is 44.5 Å². The molecule has 0 aliphatic rings. The first-order chi connectivity index (χ1) is 19.0. The van der Waals surface area contributed by atoms with Crippen molar-refractivity contribution < 1.29 is 25.5 Å². The van der Waals surface area contributed by atoms with E-state index in [0.29, 0.717) is 34.4 Å². The molecule has 4 aromatic rings. The third kappa shape index (κ3) is 6.19. The summed E-state index contributed by atoms with van der Waals surface area (Å²) in [6, 6.07) is 14.5. The van der Waals surface area contributed by atoms with E-state index in [4.69, 9.17) is 21.1 Å². The second kappa shape index (κ2) is 11.9. The fourth-order valence-corrected chi connectivity index (χ4v) is 5.45. The molecule has 2 aromatic heterocycles. The number of pyridine rings is 2. The van der Waals surface area contributed by atoms with Crippen molar-refractivity contribution in [1.82, 2.24) is 14.7 Å². The van der Waals surface area contributed by atoms with Crippen molar-refractivity contribution in [2.24, 2.45) is 0 Å². The summed E-state index contributed by atoms with van der Waals surface area (Å²) in [6.45, 7) is 8.13. The van der Waals surface area contributed by atoms with Crippen molar-refractivity contribution in [2.75, 3.05) is 6.61 Å². The van der Waals surface area contributed by atoms with Crippen LogP contribution in [0.4, 0.5) is 0 Å². The smallest absolute Gasteiger partial charge is 0.270 e. The Morgan fingerprint density at radius 1 is 1.07 bits per heavy atom. The van der Waals surface area contributed by atoms with Gasteiger partial charge in [0, 0.05) is 14.6 Å². The van der Waals surface area contributed by atoms with Gasteiger partial charge in [-0.3, -0.25) is 9.59 Å². The number of sulfonamides is 1. The number of aryl methyl sites for hydroxylation is 3. The Hall–Kier alpha value is -4.15. The van der Waals surface area contributed by atoms with Gasteiger partial charge in [0.15, 0.2) is 4.90 Å². The highest BCUT2D eigenvalue weighted by Gasteiger charge is 2.26. The van der Waals surface area contributed by atoms with Crippen molar-refractivity contribution in [3.05, 3.63) is 98.4 Å². The fourth-order valence-electron chi connectivity index (χ4n) is 4.15. The molecule has 1 amide bonds. The minimum atomic E-state index is -4.50. The van der Waals surface area contributed by atoms with Crippen molar-refractivity contribution >= 4 is 27.5 Å². The number of benzene rings is 2. The number of nitrogens with one attached hydrogen (secondary N) is 2. The Balaban J connectivity index is 0.00000308. The average molecular weight is 586 g/mol. The topological polar surface area (TPSA) is 127 Å². The molecule has 212 valence electrons. The highest BCUT2D eigenvalue weighted by molar-refractivity contribution is 7.90. The summed E-state index contributed by atoms with van der Waals surface area (Å²) in [5.41, 5.74) is 2.51. The minimum absolute atomic E-state index is 0. The molecule has 0 radical (unpaired) electrons. The number of amides is 1. The van der Waals surface area contributed by atoms with Gasteiger partial charge in [-0.15, -0.1) is 0 Å². The SMILES string of the molecule is CCCOc1cccc(-c2ccc(C(=O)NS(=O)(=O)c3ccc[nH]c3=O)c(Oc3c(C)cc(C)cc3C)n2)c1Cl.[HH].[HH]. The van der Waals surface area contributed by atoms with Gasteiger partial charge < -0.3 is 14.5 Å². The number of aromatic nitrogens is 2. The third-order valence-electron chi connectivity index (χ3n) is 5.91.